The number of aromatic nitrogens is 2. The topological polar surface area (TPSA) is 67.0 Å². The first kappa shape index (κ1) is 16.5. The minimum Gasteiger partial charge on any atom is -0.385 e. The third-order valence-corrected chi connectivity index (χ3v) is 3.59. The highest BCUT2D eigenvalue weighted by Gasteiger charge is 2.09. The number of halogens is 1. The maximum atomic E-state index is 12.2. The molecule has 1 heterocycles. The summed E-state index contributed by atoms with van der Waals surface area (Å²) in [5.74, 6) is 0.499. The van der Waals surface area contributed by atoms with Gasteiger partial charge in [0.15, 0.2) is 0 Å². The number of hydrogen-bond donors (Lipinski definition) is 2. The maximum Gasteiger partial charge on any atom is 0.256 e. The predicted octanol–water partition coefficient (Wildman–Crippen LogP) is 2.77. The molecule has 0 saturated carbocycles. The molecular weight excluding hydrogens is 302 g/mol. The van der Waals surface area contributed by atoms with Gasteiger partial charge in [-0.3, -0.25) is 9.78 Å². The van der Waals surface area contributed by atoms with Crippen molar-refractivity contribution in [2.45, 2.75) is 19.8 Å². The minimum absolute atomic E-state index is 0.114. The van der Waals surface area contributed by atoms with Crippen LogP contribution in [-0.2, 0) is 11.2 Å². The Hall–Kier alpha value is -1.85. The first-order valence-electron chi connectivity index (χ1n) is 7.17. The van der Waals surface area contributed by atoms with Crippen LogP contribution in [0.1, 0.15) is 23.2 Å². The van der Waals surface area contributed by atoms with Crippen LogP contribution in [0, 0.1) is 6.92 Å². The second-order valence-corrected chi connectivity index (χ2v) is 5.49. The number of ether oxygens (including phenoxy) is 1. The zero-order chi connectivity index (χ0) is 15.9. The summed E-state index contributed by atoms with van der Waals surface area (Å²) in [4.78, 5) is 19.4. The number of benzene rings is 1. The van der Waals surface area contributed by atoms with Gasteiger partial charge >= 0.3 is 0 Å². The highest BCUT2D eigenvalue weighted by molar-refractivity contribution is 6.30. The monoisotopic (exact) mass is 321 g/mol. The number of anilines is 1. The van der Waals surface area contributed by atoms with Crippen molar-refractivity contribution in [3.63, 3.8) is 0 Å². The predicted molar refractivity (Wildman–Crippen MR) is 88.8 cm³/mol. The average molecular weight is 322 g/mol. The smallest absolute Gasteiger partial charge is 0.256 e. The molecule has 118 valence electrons. The normalized spacial score (nSPS) is 10.7. The van der Waals surface area contributed by atoms with Crippen molar-refractivity contribution in [3.05, 3.63) is 56.5 Å². The number of methoxy groups -OCH3 is 1. The minimum atomic E-state index is -0.114. The average Bonchev–Trinajstić information content (AvgIpc) is 2.49. The van der Waals surface area contributed by atoms with Crippen molar-refractivity contribution in [2.75, 3.05) is 25.6 Å². The van der Waals surface area contributed by atoms with Crippen molar-refractivity contribution >= 4 is 17.5 Å². The lowest BCUT2D eigenvalue weighted by atomic mass is 10.1. The van der Waals surface area contributed by atoms with E-state index in [-0.39, 0.29) is 5.56 Å². The van der Waals surface area contributed by atoms with Crippen LogP contribution in [0.5, 0.6) is 0 Å². The molecule has 2 aromatic rings. The highest BCUT2D eigenvalue weighted by atomic mass is 35.5. The fraction of sp³-hybridized carbons (Fsp3) is 0.375. The molecule has 0 aliphatic rings. The number of aromatic amines is 1. The van der Waals surface area contributed by atoms with Crippen molar-refractivity contribution in [2.24, 2.45) is 0 Å². The van der Waals surface area contributed by atoms with Crippen LogP contribution in [-0.4, -0.2) is 30.2 Å². The van der Waals surface area contributed by atoms with Crippen molar-refractivity contribution in [1.82, 2.24) is 9.97 Å². The van der Waals surface area contributed by atoms with Gasteiger partial charge in [0.05, 0.1) is 5.69 Å². The molecule has 0 aliphatic carbocycles. The second kappa shape index (κ2) is 7.96. The van der Waals surface area contributed by atoms with E-state index < -0.39 is 0 Å². The van der Waals surface area contributed by atoms with Gasteiger partial charge in [-0.15, -0.1) is 0 Å². The molecule has 1 aromatic heterocycles. The lowest BCUT2D eigenvalue weighted by Crippen LogP contribution is -2.20. The first-order valence-corrected chi connectivity index (χ1v) is 7.55. The van der Waals surface area contributed by atoms with Crippen LogP contribution in [0.3, 0.4) is 0 Å². The summed E-state index contributed by atoms with van der Waals surface area (Å²) in [5, 5.41) is 3.78. The molecule has 22 heavy (non-hydrogen) atoms. The van der Waals surface area contributed by atoms with Gasteiger partial charge in [-0.25, -0.2) is 4.98 Å². The molecule has 0 amide bonds. The van der Waals surface area contributed by atoms with Gasteiger partial charge in [0, 0.05) is 37.3 Å². The zero-order valence-corrected chi connectivity index (χ0v) is 13.5. The van der Waals surface area contributed by atoms with E-state index >= 15 is 0 Å². The number of aryl methyl sites for hydroxylation is 1. The fourth-order valence-corrected chi connectivity index (χ4v) is 2.26. The van der Waals surface area contributed by atoms with E-state index in [1.54, 1.807) is 7.11 Å². The lowest BCUT2D eigenvalue weighted by molar-refractivity contribution is 0.197. The van der Waals surface area contributed by atoms with Gasteiger partial charge in [0.25, 0.3) is 5.56 Å². The zero-order valence-electron chi connectivity index (χ0n) is 12.8. The quantitative estimate of drug-likeness (QED) is 0.770. The summed E-state index contributed by atoms with van der Waals surface area (Å²) >= 11 is 5.87. The van der Waals surface area contributed by atoms with Crippen LogP contribution >= 0.6 is 11.6 Å². The van der Waals surface area contributed by atoms with Crippen molar-refractivity contribution in [1.29, 1.82) is 0 Å². The molecule has 1 aromatic carbocycles. The van der Waals surface area contributed by atoms with E-state index in [1.807, 2.05) is 31.2 Å². The molecule has 0 spiro atoms. The highest BCUT2D eigenvalue weighted by Crippen LogP contribution is 2.13. The van der Waals surface area contributed by atoms with Crippen LogP contribution in [0.2, 0.25) is 5.02 Å². The summed E-state index contributed by atoms with van der Waals surface area (Å²) in [6.07, 6.45) is 1.39. The van der Waals surface area contributed by atoms with E-state index in [4.69, 9.17) is 16.3 Å². The lowest BCUT2D eigenvalue weighted by Gasteiger charge is -2.09. The number of nitrogens with zero attached hydrogens (tertiary/aromatic N) is 1. The number of nitrogens with one attached hydrogen (secondary N) is 2. The Kier molecular flexibility index (Phi) is 5.98. The Labute approximate surface area is 134 Å². The van der Waals surface area contributed by atoms with E-state index in [9.17, 15) is 4.79 Å². The summed E-state index contributed by atoms with van der Waals surface area (Å²) in [7, 11) is 1.66. The maximum absolute atomic E-state index is 12.2. The summed E-state index contributed by atoms with van der Waals surface area (Å²) in [5.41, 5.74) is 2.31. The largest absolute Gasteiger partial charge is 0.385 e. The van der Waals surface area contributed by atoms with Crippen LogP contribution in [0.15, 0.2) is 29.1 Å². The van der Waals surface area contributed by atoms with E-state index in [2.05, 4.69) is 15.3 Å². The molecule has 0 fully saturated rings. The molecule has 2 N–H and O–H groups in total. The van der Waals surface area contributed by atoms with Crippen molar-refractivity contribution < 1.29 is 4.74 Å². The molecule has 0 radical (unpaired) electrons. The molecule has 0 saturated heterocycles. The summed E-state index contributed by atoms with van der Waals surface area (Å²) in [6, 6.07) is 7.47. The molecule has 0 aliphatic heterocycles. The molecule has 6 heteroatoms. The van der Waals surface area contributed by atoms with Gasteiger partial charge in [-0.2, -0.15) is 0 Å². The summed E-state index contributed by atoms with van der Waals surface area (Å²) < 4.78 is 4.98. The van der Waals surface area contributed by atoms with Gasteiger partial charge in [-0.05, 0) is 31.0 Å². The Morgan fingerprint density at radius 1 is 1.32 bits per heavy atom. The Morgan fingerprint density at radius 2 is 2.05 bits per heavy atom. The molecule has 0 bridgehead atoms. The van der Waals surface area contributed by atoms with Gasteiger partial charge in [0.2, 0.25) is 5.95 Å². The number of rotatable bonds is 7. The molecular formula is C16H20ClN3O2. The van der Waals surface area contributed by atoms with Gasteiger partial charge in [-0.1, -0.05) is 23.7 Å². The van der Waals surface area contributed by atoms with Crippen LogP contribution in [0.4, 0.5) is 5.95 Å². The number of hydrogen-bond acceptors (Lipinski definition) is 4. The van der Waals surface area contributed by atoms with E-state index in [0.717, 1.165) is 17.7 Å². The van der Waals surface area contributed by atoms with Crippen LogP contribution < -0.4 is 10.9 Å². The molecule has 5 nitrogen and oxygen atoms in total. The Bertz CT molecular complexity index is 668. The number of H-pyrrole nitrogens is 1. The van der Waals surface area contributed by atoms with Gasteiger partial charge < -0.3 is 10.1 Å². The Balaban J connectivity index is 2.09. The summed E-state index contributed by atoms with van der Waals surface area (Å²) in [6.45, 7) is 3.22. The third kappa shape index (κ3) is 4.58. The molecule has 0 atom stereocenters. The van der Waals surface area contributed by atoms with Crippen molar-refractivity contribution in [3.8, 4) is 0 Å². The van der Waals surface area contributed by atoms with Gasteiger partial charge in [0.1, 0.15) is 0 Å². The molecule has 0 unspecified atom stereocenters. The van der Waals surface area contributed by atoms with E-state index in [1.165, 1.54) is 0 Å². The first-order chi connectivity index (χ1) is 10.6. The SMILES string of the molecule is COCCCNc1nc(C)c(Cc2ccc(Cl)cc2)c(=O)[nH]1. The molecule has 2 rings (SSSR count). The Morgan fingerprint density at radius 3 is 2.68 bits per heavy atom. The fourth-order valence-electron chi connectivity index (χ4n) is 2.13. The van der Waals surface area contributed by atoms with Crippen LogP contribution in [0.25, 0.3) is 0 Å². The second-order valence-electron chi connectivity index (χ2n) is 5.05. The standard InChI is InChI=1S/C16H20ClN3O2/c1-11-14(10-12-4-6-13(17)7-5-12)15(21)20-16(19-11)18-8-3-9-22-2/h4-7H,3,8-10H2,1-2H3,(H2,18,19,20,21). The third-order valence-electron chi connectivity index (χ3n) is 3.33. The van der Waals surface area contributed by atoms with E-state index in [0.29, 0.717) is 36.1 Å².